The molecule has 0 unspecified atom stereocenters. The van der Waals surface area contributed by atoms with Crippen molar-refractivity contribution in [1.82, 2.24) is 10.2 Å². The fourth-order valence-electron chi connectivity index (χ4n) is 1.87. The molecule has 0 aliphatic carbocycles. The van der Waals surface area contributed by atoms with Gasteiger partial charge in [0.25, 0.3) is 5.91 Å². The molecule has 3 rings (SSSR count). The second-order valence-electron chi connectivity index (χ2n) is 4.57. The number of amides is 1. The molecule has 0 spiro atoms. The van der Waals surface area contributed by atoms with Crippen molar-refractivity contribution in [3.8, 4) is 0 Å². The molecule has 6 nitrogen and oxygen atoms in total. The lowest BCUT2D eigenvalue weighted by Gasteiger charge is -2.06. The van der Waals surface area contributed by atoms with Crippen LogP contribution in [0.3, 0.4) is 0 Å². The molecule has 0 bridgehead atoms. The number of carbonyl (C=O) groups is 1. The highest BCUT2D eigenvalue weighted by Gasteiger charge is 2.09. The largest absolute Gasteiger partial charge is 0.459 e. The highest BCUT2D eigenvalue weighted by molar-refractivity contribution is 6.01. The van der Waals surface area contributed by atoms with E-state index in [-0.39, 0.29) is 11.7 Å². The Morgan fingerprint density at radius 2 is 1.73 bits per heavy atom. The van der Waals surface area contributed by atoms with E-state index in [0.29, 0.717) is 18.2 Å². The van der Waals surface area contributed by atoms with Gasteiger partial charge in [-0.2, -0.15) is 0 Å². The van der Waals surface area contributed by atoms with Gasteiger partial charge < -0.3 is 15.1 Å². The average Bonchev–Trinajstić information content (AvgIpc) is 3.10. The van der Waals surface area contributed by atoms with E-state index in [1.54, 1.807) is 24.3 Å². The zero-order chi connectivity index (χ0) is 15.2. The maximum Gasteiger partial charge on any atom is 0.292 e. The van der Waals surface area contributed by atoms with Crippen molar-refractivity contribution in [3.05, 3.63) is 72.2 Å². The minimum atomic E-state index is -0.357. The van der Waals surface area contributed by atoms with Crippen LogP contribution in [0, 0.1) is 0 Å². The quantitative estimate of drug-likeness (QED) is 0.756. The number of furan rings is 1. The van der Waals surface area contributed by atoms with Gasteiger partial charge in [-0.3, -0.25) is 4.79 Å². The van der Waals surface area contributed by atoms with Gasteiger partial charge in [0, 0.05) is 6.54 Å². The lowest BCUT2D eigenvalue weighted by molar-refractivity contribution is 0.0996. The summed E-state index contributed by atoms with van der Waals surface area (Å²) in [4.78, 5) is 11.8. The lowest BCUT2D eigenvalue weighted by Crippen LogP contribution is -2.13. The van der Waals surface area contributed by atoms with E-state index in [9.17, 15) is 4.79 Å². The molecule has 1 aromatic carbocycles. The van der Waals surface area contributed by atoms with Crippen LogP contribution < -0.4 is 10.6 Å². The van der Waals surface area contributed by atoms with Gasteiger partial charge in [-0.05, 0) is 29.8 Å². The van der Waals surface area contributed by atoms with Crippen LogP contribution in [0.15, 0.2) is 65.3 Å². The van der Waals surface area contributed by atoms with Crippen LogP contribution in [0.4, 0.5) is 11.6 Å². The fraction of sp³-hybridized carbons (Fsp3) is 0.0625. The molecule has 2 heterocycles. The Morgan fingerprint density at radius 3 is 2.41 bits per heavy atom. The average molecular weight is 294 g/mol. The first-order valence-electron chi connectivity index (χ1n) is 6.77. The van der Waals surface area contributed by atoms with E-state index >= 15 is 0 Å². The molecule has 0 aliphatic rings. The molecule has 6 heteroatoms. The van der Waals surface area contributed by atoms with E-state index in [2.05, 4.69) is 20.8 Å². The SMILES string of the molecule is O=C(Nc1ccc(NCc2ccccc2)nn1)c1ccco1. The Hall–Kier alpha value is -3.15. The molecule has 0 fully saturated rings. The molecule has 0 aliphatic heterocycles. The summed E-state index contributed by atoms with van der Waals surface area (Å²) in [6, 6.07) is 16.7. The number of nitrogens with zero attached hydrogens (tertiary/aromatic N) is 2. The highest BCUT2D eigenvalue weighted by atomic mass is 16.3. The van der Waals surface area contributed by atoms with Gasteiger partial charge in [0.15, 0.2) is 11.6 Å². The van der Waals surface area contributed by atoms with Crippen molar-refractivity contribution >= 4 is 17.5 Å². The van der Waals surface area contributed by atoms with Crippen LogP contribution in [0.5, 0.6) is 0 Å². The van der Waals surface area contributed by atoms with Crippen LogP contribution in [-0.2, 0) is 6.54 Å². The molecular formula is C16H14N4O2. The van der Waals surface area contributed by atoms with Crippen molar-refractivity contribution in [3.63, 3.8) is 0 Å². The zero-order valence-corrected chi connectivity index (χ0v) is 11.7. The monoisotopic (exact) mass is 294 g/mol. The first-order valence-corrected chi connectivity index (χ1v) is 6.77. The Morgan fingerprint density at radius 1 is 0.955 bits per heavy atom. The predicted octanol–water partition coefficient (Wildman–Crippen LogP) is 2.93. The fourth-order valence-corrected chi connectivity index (χ4v) is 1.87. The number of anilines is 2. The molecule has 0 atom stereocenters. The van der Waals surface area contributed by atoms with E-state index in [1.165, 1.54) is 6.26 Å². The van der Waals surface area contributed by atoms with Crippen molar-refractivity contribution in [2.75, 3.05) is 10.6 Å². The van der Waals surface area contributed by atoms with E-state index in [1.807, 2.05) is 30.3 Å². The van der Waals surface area contributed by atoms with Gasteiger partial charge in [-0.1, -0.05) is 30.3 Å². The minimum absolute atomic E-state index is 0.230. The number of rotatable bonds is 5. The number of nitrogens with one attached hydrogen (secondary N) is 2. The van der Waals surface area contributed by atoms with Crippen molar-refractivity contribution < 1.29 is 9.21 Å². The van der Waals surface area contributed by atoms with Crippen LogP contribution in [0.25, 0.3) is 0 Å². The smallest absolute Gasteiger partial charge is 0.292 e. The first-order chi connectivity index (χ1) is 10.8. The molecule has 1 amide bonds. The number of aromatic nitrogens is 2. The predicted molar refractivity (Wildman–Crippen MR) is 82.5 cm³/mol. The maximum absolute atomic E-state index is 11.8. The highest BCUT2D eigenvalue weighted by Crippen LogP contribution is 2.10. The Kier molecular flexibility index (Phi) is 4.10. The summed E-state index contributed by atoms with van der Waals surface area (Å²) >= 11 is 0. The van der Waals surface area contributed by atoms with Gasteiger partial charge in [0.2, 0.25) is 0 Å². The number of hydrogen-bond acceptors (Lipinski definition) is 5. The topological polar surface area (TPSA) is 80.0 Å². The lowest BCUT2D eigenvalue weighted by atomic mass is 10.2. The van der Waals surface area contributed by atoms with Crippen molar-refractivity contribution in [2.45, 2.75) is 6.54 Å². The van der Waals surface area contributed by atoms with Crippen molar-refractivity contribution in [1.29, 1.82) is 0 Å². The van der Waals surface area contributed by atoms with Crippen LogP contribution in [0.1, 0.15) is 16.1 Å². The summed E-state index contributed by atoms with van der Waals surface area (Å²) in [7, 11) is 0. The molecule has 3 aromatic rings. The normalized spacial score (nSPS) is 10.2. The van der Waals surface area contributed by atoms with Crippen LogP contribution in [0.2, 0.25) is 0 Å². The standard InChI is InChI=1S/C16H14N4O2/c21-16(13-7-4-10-22-13)18-15-9-8-14(19-20-15)17-11-12-5-2-1-3-6-12/h1-10H,11H2,(H,17,19)(H,18,20,21). The Bertz CT molecular complexity index is 725. The first kappa shape index (κ1) is 13.8. The van der Waals surface area contributed by atoms with Gasteiger partial charge in [-0.15, -0.1) is 10.2 Å². The number of benzene rings is 1. The number of hydrogen-bond donors (Lipinski definition) is 2. The zero-order valence-electron chi connectivity index (χ0n) is 11.7. The summed E-state index contributed by atoms with van der Waals surface area (Å²) in [6.07, 6.45) is 1.44. The van der Waals surface area contributed by atoms with Crippen LogP contribution >= 0.6 is 0 Å². The van der Waals surface area contributed by atoms with Gasteiger partial charge in [0.1, 0.15) is 5.82 Å². The molecule has 2 N–H and O–H groups in total. The molecule has 0 saturated carbocycles. The third kappa shape index (κ3) is 3.49. The molecule has 0 saturated heterocycles. The molecule has 2 aromatic heterocycles. The second-order valence-corrected chi connectivity index (χ2v) is 4.57. The van der Waals surface area contributed by atoms with Gasteiger partial charge in [0.05, 0.1) is 6.26 Å². The van der Waals surface area contributed by atoms with E-state index in [0.717, 1.165) is 5.56 Å². The third-order valence-corrected chi connectivity index (χ3v) is 2.97. The maximum atomic E-state index is 11.8. The minimum Gasteiger partial charge on any atom is -0.459 e. The van der Waals surface area contributed by atoms with Crippen molar-refractivity contribution in [2.24, 2.45) is 0 Å². The van der Waals surface area contributed by atoms with E-state index in [4.69, 9.17) is 4.42 Å². The Labute approximate surface area is 127 Å². The molecule has 110 valence electrons. The summed E-state index contributed by atoms with van der Waals surface area (Å²) in [5.41, 5.74) is 1.15. The summed E-state index contributed by atoms with van der Waals surface area (Å²) in [5.74, 6) is 0.879. The Balaban J connectivity index is 1.57. The second kappa shape index (κ2) is 6.53. The van der Waals surface area contributed by atoms with Gasteiger partial charge >= 0.3 is 0 Å². The summed E-state index contributed by atoms with van der Waals surface area (Å²) in [5, 5.41) is 13.8. The summed E-state index contributed by atoms with van der Waals surface area (Å²) < 4.78 is 5.01. The molecular weight excluding hydrogens is 280 g/mol. The van der Waals surface area contributed by atoms with E-state index < -0.39 is 0 Å². The summed E-state index contributed by atoms with van der Waals surface area (Å²) in [6.45, 7) is 0.660. The van der Waals surface area contributed by atoms with Crippen LogP contribution in [-0.4, -0.2) is 16.1 Å². The third-order valence-electron chi connectivity index (χ3n) is 2.97. The van der Waals surface area contributed by atoms with Gasteiger partial charge in [-0.25, -0.2) is 0 Å². The number of carbonyl (C=O) groups excluding carboxylic acids is 1. The molecule has 22 heavy (non-hydrogen) atoms. The molecule has 0 radical (unpaired) electrons.